The Morgan fingerprint density at radius 2 is 2.07 bits per heavy atom. The number of hydrogen-bond donors (Lipinski definition) is 1. The van der Waals surface area contributed by atoms with Crippen LogP contribution in [0.25, 0.3) is 27.5 Å². The Kier molecular flexibility index (Phi) is 8.08. The number of pyridine rings is 1. The SMILES string of the molecule is CBc1cc(C(=O)N(CC)C2CCOCC2)ccc1-n1nc(-c2cccnc2)c2c1-c1sc(NC(=O)OC)nc1CC2. The molecule has 0 unspecified atom stereocenters. The number of rotatable bonds is 7. The molecule has 4 aromatic rings. The number of hydrogen-bond acceptors (Lipinski definition) is 8. The number of benzene rings is 1. The van der Waals surface area contributed by atoms with Gasteiger partial charge in [-0.05, 0) is 56.9 Å². The third-order valence-electron chi connectivity index (χ3n) is 8.01. The van der Waals surface area contributed by atoms with E-state index >= 15 is 0 Å². The van der Waals surface area contributed by atoms with Crippen molar-refractivity contribution >= 4 is 41.2 Å². The van der Waals surface area contributed by atoms with Crippen molar-refractivity contribution in [3.05, 3.63) is 59.5 Å². The number of methoxy groups -OCH3 is 1. The summed E-state index contributed by atoms with van der Waals surface area (Å²) in [6.07, 6.45) is 6.23. The van der Waals surface area contributed by atoms with Gasteiger partial charge < -0.3 is 14.4 Å². The van der Waals surface area contributed by atoms with Crippen molar-refractivity contribution in [3.63, 3.8) is 0 Å². The molecule has 4 heterocycles. The zero-order valence-corrected chi connectivity index (χ0v) is 24.9. The highest BCUT2D eigenvalue weighted by atomic mass is 32.1. The molecule has 0 saturated carbocycles. The van der Waals surface area contributed by atoms with E-state index in [1.807, 2.05) is 53.0 Å². The van der Waals surface area contributed by atoms with E-state index in [1.54, 1.807) is 6.20 Å². The number of fused-ring (bicyclic) bond motifs is 3. The highest BCUT2D eigenvalue weighted by Gasteiger charge is 2.31. The Labute approximate surface area is 249 Å². The summed E-state index contributed by atoms with van der Waals surface area (Å²) >= 11 is 1.41. The van der Waals surface area contributed by atoms with Gasteiger partial charge in [-0.3, -0.25) is 15.1 Å². The second-order valence-corrected chi connectivity index (χ2v) is 11.4. The number of aryl methyl sites for hydroxylation is 1. The maximum atomic E-state index is 13.7. The number of nitrogens with zero attached hydrogens (tertiary/aromatic N) is 5. The molecule has 2 aliphatic rings. The standard InChI is InChI=1S/C30H33BN6O4S/c1-4-36(20-11-14-41-15-12-20)28(38)18-7-10-24(22(16-18)31-2)37-26-21(25(35-37)19-6-5-13-32-17-19)8-9-23-27(26)42-29(33-23)34-30(39)40-3/h5-7,10,13,16-17,20,31H,4,8-9,11-12,14-15H2,1-3H3,(H,33,34,39). The number of carbonyl (C=O) groups is 2. The van der Waals surface area contributed by atoms with E-state index in [0.717, 1.165) is 77.2 Å². The van der Waals surface area contributed by atoms with Crippen LogP contribution in [-0.4, -0.2) is 76.8 Å². The van der Waals surface area contributed by atoms with Gasteiger partial charge in [0, 0.05) is 54.9 Å². The Morgan fingerprint density at radius 3 is 2.79 bits per heavy atom. The summed E-state index contributed by atoms with van der Waals surface area (Å²) < 4.78 is 12.3. The molecule has 6 rings (SSSR count). The first-order valence-corrected chi connectivity index (χ1v) is 15.2. The summed E-state index contributed by atoms with van der Waals surface area (Å²) in [6, 6.07) is 10.1. The molecular weight excluding hydrogens is 551 g/mol. The number of ether oxygens (including phenoxy) is 2. The lowest BCUT2D eigenvalue weighted by Gasteiger charge is -2.33. The average Bonchev–Trinajstić information content (AvgIpc) is 3.63. The van der Waals surface area contributed by atoms with E-state index in [4.69, 9.17) is 19.6 Å². The van der Waals surface area contributed by atoms with E-state index in [9.17, 15) is 9.59 Å². The van der Waals surface area contributed by atoms with Crippen LogP contribution in [-0.2, 0) is 22.3 Å². The molecule has 0 bridgehead atoms. The predicted octanol–water partition coefficient (Wildman–Crippen LogP) is 4.09. The van der Waals surface area contributed by atoms with Crippen molar-refractivity contribution in [3.8, 4) is 27.5 Å². The van der Waals surface area contributed by atoms with Crippen molar-refractivity contribution in [2.45, 2.75) is 45.5 Å². The van der Waals surface area contributed by atoms with Gasteiger partial charge in [0.25, 0.3) is 5.91 Å². The summed E-state index contributed by atoms with van der Waals surface area (Å²) in [4.78, 5) is 37.6. The van der Waals surface area contributed by atoms with Crippen molar-refractivity contribution in [1.82, 2.24) is 24.6 Å². The second-order valence-electron chi connectivity index (χ2n) is 10.4. The lowest BCUT2D eigenvalue weighted by atomic mass is 9.71. The van der Waals surface area contributed by atoms with Crippen molar-refractivity contribution in [2.24, 2.45) is 0 Å². The Hall–Kier alpha value is -4.03. The molecule has 42 heavy (non-hydrogen) atoms. The Balaban J connectivity index is 1.45. The number of thiazole rings is 1. The summed E-state index contributed by atoms with van der Waals surface area (Å²) in [5.74, 6) is 0.0486. The number of carbonyl (C=O) groups excluding carboxylic acids is 2. The van der Waals surface area contributed by atoms with Gasteiger partial charge in [0.05, 0.1) is 34.8 Å². The van der Waals surface area contributed by atoms with Gasteiger partial charge in [0.2, 0.25) is 0 Å². The van der Waals surface area contributed by atoms with Crippen LogP contribution in [0.4, 0.5) is 9.93 Å². The lowest BCUT2D eigenvalue weighted by molar-refractivity contribution is 0.0305. The zero-order valence-electron chi connectivity index (χ0n) is 24.1. The zero-order chi connectivity index (χ0) is 29.2. The molecule has 1 aliphatic heterocycles. The fourth-order valence-corrected chi connectivity index (χ4v) is 6.96. The predicted molar refractivity (Wildman–Crippen MR) is 165 cm³/mol. The molecule has 1 saturated heterocycles. The van der Waals surface area contributed by atoms with Crippen LogP contribution in [0, 0.1) is 0 Å². The molecule has 12 heteroatoms. The van der Waals surface area contributed by atoms with Crippen molar-refractivity contribution in [2.75, 3.05) is 32.2 Å². The fourth-order valence-electron chi connectivity index (χ4n) is 5.91. The van der Waals surface area contributed by atoms with Gasteiger partial charge in [-0.15, -0.1) is 0 Å². The number of nitrogens with one attached hydrogen (secondary N) is 1. The minimum Gasteiger partial charge on any atom is -0.453 e. The minimum atomic E-state index is -0.554. The molecule has 0 spiro atoms. The quantitative estimate of drug-likeness (QED) is 0.326. The molecule has 0 radical (unpaired) electrons. The molecule has 1 N–H and O–H groups in total. The smallest absolute Gasteiger partial charge is 0.413 e. The maximum absolute atomic E-state index is 13.7. The van der Waals surface area contributed by atoms with E-state index < -0.39 is 6.09 Å². The first kappa shape index (κ1) is 28.1. The molecule has 1 aliphatic carbocycles. The molecule has 0 atom stereocenters. The summed E-state index contributed by atoms with van der Waals surface area (Å²) in [5, 5.41) is 8.37. The molecule has 216 valence electrons. The van der Waals surface area contributed by atoms with E-state index in [0.29, 0.717) is 30.5 Å². The lowest BCUT2D eigenvalue weighted by Crippen LogP contribution is -2.43. The van der Waals surface area contributed by atoms with Crippen LogP contribution >= 0.6 is 11.3 Å². The van der Waals surface area contributed by atoms with Crippen LogP contribution < -0.4 is 10.8 Å². The number of anilines is 1. The number of aromatic nitrogens is 4. The topological polar surface area (TPSA) is 111 Å². The van der Waals surface area contributed by atoms with E-state index in [1.165, 1.54) is 18.4 Å². The van der Waals surface area contributed by atoms with Gasteiger partial charge in [0.1, 0.15) is 0 Å². The van der Waals surface area contributed by atoms with Crippen LogP contribution in [0.5, 0.6) is 0 Å². The Bertz CT molecular complexity index is 1620. The molecule has 1 aromatic carbocycles. The second kappa shape index (κ2) is 12.1. The van der Waals surface area contributed by atoms with Gasteiger partial charge in [0.15, 0.2) is 12.4 Å². The highest BCUT2D eigenvalue weighted by molar-refractivity contribution is 7.19. The van der Waals surface area contributed by atoms with Crippen LogP contribution in [0.15, 0.2) is 42.7 Å². The first-order chi connectivity index (χ1) is 20.5. The van der Waals surface area contributed by atoms with Crippen molar-refractivity contribution in [1.29, 1.82) is 0 Å². The van der Waals surface area contributed by atoms with Crippen LogP contribution in [0.3, 0.4) is 0 Å². The van der Waals surface area contributed by atoms with Gasteiger partial charge >= 0.3 is 6.09 Å². The normalized spacial score (nSPS) is 14.5. The van der Waals surface area contributed by atoms with Gasteiger partial charge in [-0.25, -0.2) is 14.5 Å². The van der Waals surface area contributed by atoms with Crippen molar-refractivity contribution < 1.29 is 19.1 Å². The van der Waals surface area contributed by atoms with Crippen LogP contribution in [0.2, 0.25) is 6.82 Å². The maximum Gasteiger partial charge on any atom is 0.413 e. The van der Waals surface area contributed by atoms with Gasteiger partial charge in [-0.1, -0.05) is 29.7 Å². The average molecular weight is 585 g/mol. The molecule has 10 nitrogen and oxygen atoms in total. The summed E-state index contributed by atoms with van der Waals surface area (Å²) in [7, 11) is 2.06. The third-order valence-corrected chi connectivity index (χ3v) is 9.03. The highest BCUT2D eigenvalue weighted by Crippen LogP contribution is 2.44. The number of amides is 2. The van der Waals surface area contributed by atoms with Gasteiger partial charge in [-0.2, -0.15) is 5.10 Å². The third kappa shape index (κ3) is 5.20. The molecular formula is C30H33BN6O4S. The summed E-state index contributed by atoms with van der Waals surface area (Å²) in [6.45, 7) is 6.16. The monoisotopic (exact) mass is 584 g/mol. The minimum absolute atomic E-state index is 0.0486. The first-order valence-electron chi connectivity index (χ1n) is 14.4. The molecule has 2 amide bonds. The largest absolute Gasteiger partial charge is 0.453 e. The summed E-state index contributed by atoms with van der Waals surface area (Å²) in [5.41, 5.74) is 7.42. The van der Waals surface area contributed by atoms with E-state index in [2.05, 4.69) is 17.1 Å². The molecule has 3 aromatic heterocycles. The van der Waals surface area contributed by atoms with E-state index in [-0.39, 0.29) is 11.9 Å². The molecule has 1 fully saturated rings. The van der Waals surface area contributed by atoms with Crippen LogP contribution in [0.1, 0.15) is 41.4 Å². The Morgan fingerprint density at radius 1 is 1.24 bits per heavy atom. The fraction of sp³-hybridized carbons (Fsp3) is 0.367.